The third-order valence-corrected chi connectivity index (χ3v) is 4.67. The summed E-state index contributed by atoms with van der Waals surface area (Å²) in [4.78, 5) is 10.9. The summed E-state index contributed by atoms with van der Waals surface area (Å²) in [6, 6.07) is 5.90. The molecule has 3 N–H and O–H groups in total. The zero-order valence-corrected chi connectivity index (χ0v) is 16.2. The minimum atomic E-state index is 0.243. The molecule has 1 saturated heterocycles. The molecule has 1 aromatic heterocycles. The van der Waals surface area contributed by atoms with E-state index in [0.29, 0.717) is 19.0 Å². The fraction of sp³-hybridized carbons (Fsp3) is 0.500. The molecule has 7 heteroatoms. The summed E-state index contributed by atoms with van der Waals surface area (Å²) in [5.74, 6) is 2.43. The quantitative estimate of drug-likeness (QED) is 0.655. The maximum Gasteiger partial charge on any atom is 0.221 e. The summed E-state index contributed by atoms with van der Waals surface area (Å²) in [7, 11) is 1.82. The van der Waals surface area contributed by atoms with Crippen molar-refractivity contribution in [1.29, 1.82) is 0 Å². The molecule has 2 aromatic rings. The number of nitrogens with one attached hydrogen (secondary N) is 1. The lowest BCUT2D eigenvalue weighted by Crippen LogP contribution is -2.21. The molecule has 7 nitrogen and oxygen atoms in total. The van der Waals surface area contributed by atoms with E-state index < -0.39 is 0 Å². The summed E-state index contributed by atoms with van der Waals surface area (Å²) in [5.41, 5.74) is 7.52. The van der Waals surface area contributed by atoms with E-state index in [1.54, 1.807) is 6.20 Å². The van der Waals surface area contributed by atoms with E-state index in [4.69, 9.17) is 15.2 Å². The molecule has 0 radical (unpaired) electrons. The van der Waals surface area contributed by atoms with Gasteiger partial charge in [-0.25, -0.2) is 4.98 Å². The van der Waals surface area contributed by atoms with Crippen molar-refractivity contribution in [1.82, 2.24) is 14.9 Å². The van der Waals surface area contributed by atoms with Gasteiger partial charge in [0.05, 0.1) is 13.2 Å². The number of ether oxygens (including phenoxy) is 2. The van der Waals surface area contributed by atoms with Gasteiger partial charge in [0.2, 0.25) is 5.95 Å². The molecule has 3 rings (SSSR count). The highest BCUT2D eigenvalue weighted by Crippen LogP contribution is 2.35. The van der Waals surface area contributed by atoms with Crippen molar-refractivity contribution in [3.63, 3.8) is 0 Å². The standard InChI is InChI=1S/C20H29N5O2/c1-3-26-17-8-7-15(16-14-23-20(21)24-19(16)22-2)13-18(17)27-12-6-11-25-9-4-5-10-25/h7-8,13-14H,3-6,9-12H2,1-2H3,(H3,21,22,23,24). The van der Waals surface area contributed by atoms with Crippen LogP contribution in [0.25, 0.3) is 11.1 Å². The predicted octanol–water partition coefficient (Wildman–Crippen LogP) is 3.03. The smallest absolute Gasteiger partial charge is 0.221 e. The average molecular weight is 371 g/mol. The molecule has 0 saturated carbocycles. The summed E-state index contributed by atoms with van der Waals surface area (Å²) in [5, 5.41) is 3.07. The van der Waals surface area contributed by atoms with Crippen LogP contribution in [-0.2, 0) is 0 Å². The van der Waals surface area contributed by atoms with Crippen LogP contribution < -0.4 is 20.5 Å². The molecule has 0 amide bonds. The van der Waals surface area contributed by atoms with Crippen molar-refractivity contribution >= 4 is 11.8 Å². The van der Waals surface area contributed by atoms with Gasteiger partial charge in [-0.2, -0.15) is 4.98 Å². The second-order valence-electron chi connectivity index (χ2n) is 6.59. The first kappa shape index (κ1) is 19.2. The number of nitrogens with zero attached hydrogens (tertiary/aromatic N) is 3. The molecule has 1 aliphatic rings. The van der Waals surface area contributed by atoms with Crippen LogP contribution in [0.2, 0.25) is 0 Å². The fourth-order valence-corrected chi connectivity index (χ4v) is 3.34. The molecule has 0 aliphatic carbocycles. The summed E-state index contributed by atoms with van der Waals surface area (Å²) >= 11 is 0. The largest absolute Gasteiger partial charge is 0.490 e. The number of anilines is 2. The zero-order valence-electron chi connectivity index (χ0n) is 16.2. The van der Waals surface area contributed by atoms with E-state index >= 15 is 0 Å². The molecule has 1 aromatic carbocycles. The van der Waals surface area contributed by atoms with Crippen molar-refractivity contribution < 1.29 is 9.47 Å². The van der Waals surface area contributed by atoms with Crippen LogP contribution in [0.5, 0.6) is 11.5 Å². The minimum Gasteiger partial charge on any atom is -0.490 e. The molecule has 0 unspecified atom stereocenters. The number of rotatable bonds is 9. The number of benzene rings is 1. The monoisotopic (exact) mass is 371 g/mol. The molecule has 2 heterocycles. The molecular formula is C20H29N5O2. The van der Waals surface area contributed by atoms with Crippen molar-refractivity contribution in [2.24, 2.45) is 0 Å². The number of nitrogens with two attached hydrogens (primary N) is 1. The van der Waals surface area contributed by atoms with Gasteiger partial charge in [0, 0.05) is 25.4 Å². The lowest BCUT2D eigenvalue weighted by molar-refractivity contribution is 0.248. The highest BCUT2D eigenvalue weighted by molar-refractivity contribution is 5.76. The third-order valence-electron chi connectivity index (χ3n) is 4.67. The van der Waals surface area contributed by atoms with Gasteiger partial charge in [-0.1, -0.05) is 6.07 Å². The van der Waals surface area contributed by atoms with E-state index in [-0.39, 0.29) is 5.95 Å². The van der Waals surface area contributed by atoms with Gasteiger partial charge in [-0.3, -0.25) is 0 Å². The maximum absolute atomic E-state index is 6.07. The average Bonchev–Trinajstić information content (AvgIpc) is 3.20. The SMILES string of the molecule is CCOc1ccc(-c2cnc(N)nc2NC)cc1OCCCN1CCCC1. The van der Waals surface area contributed by atoms with Gasteiger partial charge in [0.25, 0.3) is 0 Å². The Bertz CT molecular complexity index is 747. The van der Waals surface area contributed by atoms with Crippen molar-refractivity contribution in [2.75, 3.05) is 50.9 Å². The molecule has 27 heavy (non-hydrogen) atoms. The van der Waals surface area contributed by atoms with E-state index in [0.717, 1.165) is 35.6 Å². The molecule has 146 valence electrons. The third kappa shape index (κ3) is 5.01. The summed E-state index contributed by atoms with van der Waals surface area (Å²) in [6.45, 7) is 6.73. The van der Waals surface area contributed by atoms with Crippen molar-refractivity contribution in [2.45, 2.75) is 26.2 Å². The van der Waals surface area contributed by atoms with Gasteiger partial charge in [-0.15, -0.1) is 0 Å². The maximum atomic E-state index is 6.07. The van der Waals surface area contributed by atoms with Crippen LogP contribution in [-0.4, -0.2) is 54.8 Å². The Kier molecular flexibility index (Phi) is 6.70. The number of nitrogen functional groups attached to an aromatic ring is 1. The van der Waals surface area contributed by atoms with Crippen LogP contribution >= 0.6 is 0 Å². The van der Waals surface area contributed by atoms with E-state index in [9.17, 15) is 0 Å². The fourth-order valence-electron chi connectivity index (χ4n) is 3.34. The number of aromatic nitrogens is 2. The van der Waals surface area contributed by atoms with Crippen LogP contribution in [0.4, 0.5) is 11.8 Å². The predicted molar refractivity (Wildman–Crippen MR) is 108 cm³/mol. The lowest BCUT2D eigenvalue weighted by Gasteiger charge is -2.17. The second-order valence-corrected chi connectivity index (χ2v) is 6.59. The lowest BCUT2D eigenvalue weighted by atomic mass is 10.1. The van der Waals surface area contributed by atoms with E-state index in [1.165, 1.54) is 25.9 Å². The zero-order chi connectivity index (χ0) is 19.1. The normalized spacial score (nSPS) is 14.3. The van der Waals surface area contributed by atoms with Crippen molar-refractivity contribution in [3.8, 4) is 22.6 Å². The first-order chi connectivity index (χ1) is 13.2. The topological polar surface area (TPSA) is 85.5 Å². The van der Waals surface area contributed by atoms with Crippen LogP contribution in [0.1, 0.15) is 26.2 Å². The number of hydrogen-bond acceptors (Lipinski definition) is 7. The van der Waals surface area contributed by atoms with Gasteiger partial charge >= 0.3 is 0 Å². The van der Waals surface area contributed by atoms with E-state index in [1.807, 2.05) is 32.2 Å². The van der Waals surface area contributed by atoms with Crippen molar-refractivity contribution in [3.05, 3.63) is 24.4 Å². The Labute approximate surface area is 160 Å². The highest BCUT2D eigenvalue weighted by Gasteiger charge is 2.13. The molecule has 0 atom stereocenters. The minimum absolute atomic E-state index is 0.243. The second kappa shape index (κ2) is 9.41. The molecule has 1 aliphatic heterocycles. The van der Waals surface area contributed by atoms with Gasteiger partial charge in [0.15, 0.2) is 11.5 Å². The van der Waals surface area contributed by atoms with Gasteiger partial charge < -0.3 is 25.4 Å². The number of likely N-dealkylation sites (tertiary alicyclic amines) is 1. The van der Waals surface area contributed by atoms with Crippen LogP contribution in [0, 0.1) is 0 Å². The Morgan fingerprint density at radius 2 is 2.00 bits per heavy atom. The van der Waals surface area contributed by atoms with Gasteiger partial charge in [-0.05, 0) is 57.0 Å². The molecule has 0 spiro atoms. The molecule has 1 fully saturated rings. The van der Waals surface area contributed by atoms with E-state index in [2.05, 4.69) is 20.2 Å². The molecule has 0 bridgehead atoms. The summed E-state index contributed by atoms with van der Waals surface area (Å²) < 4.78 is 11.8. The van der Waals surface area contributed by atoms with Gasteiger partial charge in [0.1, 0.15) is 5.82 Å². The molecular weight excluding hydrogens is 342 g/mol. The first-order valence-corrected chi connectivity index (χ1v) is 9.64. The highest BCUT2D eigenvalue weighted by atomic mass is 16.5. The van der Waals surface area contributed by atoms with Crippen LogP contribution in [0.15, 0.2) is 24.4 Å². The first-order valence-electron chi connectivity index (χ1n) is 9.64. The summed E-state index contributed by atoms with van der Waals surface area (Å²) in [6.07, 6.45) is 5.35. The Balaban J connectivity index is 1.73. The Morgan fingerprint density at radius 1 is 1.19 bits per heavy atom. The Hall–Kier alpha value is -2.54. The Morgan fingerprint density at radius 3 is 2.74 bits per heavy atom. The number of hydrogen-bond donors (Lipinski definition) is 2. The van der Waals surface area contributed by atoms with Crippen LogP contribution in [0.3, 0.4) is 0 Å².